The highest BCUT2D eigenvalue weighted by atomic mass is 35.5. The van der Waals surface area contributed by atoms with Crippen LogP contribution in [0.5, 0.6) is 11.5 Å². The molecule has 2 aromatic rings. The molecule has 148 valence electrons. The standard InChI is InChI=1S/C20H19Cl2NO5/c21-14-3-1-11(9-15(14)22)19-18(26)17(25)12-2-4-16(24)13(20(12)28-19)10-23-5-7-27-8-6-23/h1-4,9,18-19,24,26H,5-8,10H2. The van der Waals surface area contributed by atoms with Crippen molar-refractivity contribution in [2.45, 2.75) is 18.8 Å². The van der Waals surface area contributed by atoms with E-state index < -0.39 is 18.0 Å². The fraction of sp³-hybridized carbons (Fsp3) is 0.350. The summed E-state index contributed by atoms with van der Waals surface area (Å²) in [5, 5.41) is 21.6. The number of ketones is 1. The van der Waals surface area contributed by atoms with Gasteiger partial charge in [0, 0.05) is 19.6 Å². The molecule has 2 heterocycles. The highest BCUT2D eigenvalue weighted by molar-refractivity contribution is 6.42. The Morgan fingerprint density at radius 1 is 1.11 bits per heavy atom. The topological polar surface area (TPSA) is 79.2 Å². The van der Waals surface area contributed by atoms with E-state index in [0.29, 0.717) is 40.9 Å². The maximum Gasteiger partial charge on any atom is 0.199 e. The van der Waals surface area contributed by atoms with Crippen molar-refractivity contribution in [2.24, 2.45) is 0 Å². The number of aromatic hydroxyl groups is 1. The van der Waals surface area contributed by atoms with Crippen LogP contribution in [0.1, 0.15) is 27.6 Å². The van der Waals surface area contributed by atoms with Crippen molar-refractivity contribution in [1.29, 1.82) is 0 Å². The summed E-state index contributed by atoms with van der Waals surface area (Å²) in [6.07, 6.45) is -2.33. The number of aliphatic hydroxyl groups excluding tert-OH is 1. The number of hydrogen-bond donors (Lipinski definition) is 2. The third kappa shape index (κ3) is 3.58. The number of nitrogens with zero attached hydrogens (tertiary/aromatic N) is 1. The zero-order chi connectivity index (χ0) is 19.8. The lowest BCUT2D eigenvalue weighted by Gasteiger charge is -2.33. The summed E-state index contributed by atoms with van der Waals surface area (Å²) in [5.74, 6) is -0.124. The third-order valence-electron chi connectivity index (χ3n) is 5.06. The molecular formula is C20H19Cl2NO5. The molecule has 1 saturated heterocycles. The number of Topliss-reactive ketones (excluding diaryl/α,β-unsaturated/α-hetero) is 1. The van der Waals surface area contributed by atoms with Crippen LogP contribution in [-0.2, 0) is 11.3 Å². The molecule has 0 saturated carbocycles. The Bertz CT molecular complexity index is 914. The van der Waals surface area contributed by atoms with Gasteiger partial charge in [0.2, 0.25) is 0 Å². The van der Waals surface area contributed by atoms with E-state index in [9.17, 15) is 15.0 Å². The quantitative estimate of drug-likeness (QED) is 0.788. The number of rotatable bonds is 3. The number of aliphatic hydroxyl groups is 1. The van der Waals surface area contributed by atoms with Crippen molar-refractivity contribution in [3.05, 3.63) is 57.1 Å². The van der Waals surface area contributed by atoms with Gasteiger partial charge in [-0.3, -0.25) is 9.69 Å². The number of benzene rings is 2. The van der Waals surface area contributed by atoms with Gasteiger partial charge in [-0.2, -0.15) is 0 Å². The van der Waals surface area contributed by atoms with Gasteiger partial charge in [0.25, 0.3) is 0 Å². The van der Waals surface area contributed by atoms with E-state index in [4.69, 9.17) is 32.7 Å². The normalized spacial score (nSPS) is 22.6. The second-order valence-electron chi connectivity index (χ2n) is 6.85. The van der Waals surface area contributed by atoms with Crippen LogP contribution >= 0.6 is 23.2 Å². The molecule has 2 aliphatic rings. The molecule has 2 aromatic carbocycles. The van der Waals surface area contributed by atoms with Gasteiger partial charge >= 0.3 is 0 Å². The maximum absolute atomic E-state index is 12.8. The number of halogens is 2. The molecule has 1 fully saturated rings. The van der Waals surface area contributed by atoms with E-state index in [1.165, 1.54) is 12.1 Å². The number of phenols is 1. The van der Waals surface area contributed by atoms with Crippen molar-refractivity contribution in [3.63, 3.8) is 0 Å². The van der Waals surface area contributed by atoms with Gasteiger partial charge in [-0.05, 0) is 29.8 Å². The highest BCUT2D eigenvalue weighted by Gasteiger charge is 2.39. The number of carbonyl (C=O) groups excluding carboxylic acids is 1. The van der Waals surface area contributed by atoms with Crippen molar-refractivity contribution < 1.29 is 24.5 Å². The lowest BCUT2D eigenvalue weighted by atomic mass is 9.91. The summed E-state index contributed by atoms with van der Waals surface area (Å²) >= 11 is 12.1. The van der Waals surface area contributed by atoms with Gasteiger partial charge in [-0.1, -0.05) is 29.3 Å². The number of ether oxygens (including phenoxy) is 2. The molecule has 2 N–H and O–H groups in total. The first kappa shape index (κ1) is 19.5. The van der Waals surface area contributed by atoms with Crippen molar-refractivity contribution in [2.75, 3.05) is 26.3 Å². The van der Waals surface area contributed by atoms with Crippen LogP contribution < -0.4 is 4.74 Å². The van der Waals surface area contributed by atoms with Crippen LogP contribution in [0.15, 0.2) is 30.3 Å². The molecule has 8 heteroatoms. The fourth-order valence-corrected chi connectivity index (χ4v) is 3.82. The van der Waals surface area contributed by atoms with Crippen LogP contribution in [0, 0.1) is 0 Å². The monoisotopic (exact) mass is 423 g/mol. The zero-order valence-electron chi connectivity index (χ0n) is 14.9. The largest absolute Gasteiger partial charge is 0.507 e. The molecule has 0 radical (unpaired) electrons. The molecule has 0 aromatic heterocycles. The van der Waals surface area contributed by atoms with Gasteiger partial charge < -0.3 is 19.7 Å². The smallest absolute Gasteiger partial charge is 0.199 e. The fourth-order valence-electron chi connectivity index (χ4n) is 3.51. The minimum atomic E-state index is -1.38. The van der Waals surface area contributed by atoms with E-state index in [1.807, 2.05) is 0 Å². The van der Waals surface area contributed by atoms with E-state index >= 15 is 0 Å². The molecule has 0 amide bonds. The Morgan fingerprint density at radius 3 is 2.57 bits per heavy atom. The van der Waals surface area contributed by atoms with E-state index in [1.54, 1.807) is 18.2 Å². The first-order valence-corrected chi connectivity index (χ1v) is 9.70. The number of fused-ring (bicyclic) bond motifs is 1. The van der Waals surface area contributed by atoms with Crippen LogP contribution in [0.25, 0.3) is 0 Å². The average Bonchev–Trinajstić information content (AvgIpc) is 2.70. The maximum atomic E-state index is 12.8. The highest BCUT2D eigenvalue weighted by Crippen LogP contribution is 2.42. The average molecular weight is 424 g/mol. The lowest BCUT2D eigenvalue weighted by Crippen LogP contribution is -2.38. The molecule has 2 atom stereocenters. The number of phenolic OH excluding ortho intramolecular Hbond substituents is 1. The van der Waals surface area contributed by atoms with E-state index in [2.05, 4.69) is 4.90 Å². The van der Waals surface area contributed by atoms with Gasteiger partial charge in [-0.25, -0.2) is 0 Å². The SMILES string of the molecule is O=C1c2ccc(O)c(CN3CCOCC3)c2OC(c2ccc(Cl)c(Cl)c2)C1O. The zero-order valence-corrected chi connectivity index (χ0v) is 16.4. The summed E-state index contributed by atoms with van der Waals surface area (Å²) in [6, 6.07) is 7.75. The van der Waals surface area contributed by atoms with Crippen LogP contribution in [0.4, 0.5) is 0 Å². The van der Waals surface area contributed by atoms with Crippen molar-refractivity contribution in [3.8, 4) is 11.5 Å². The molecule has 2 aliphatic heterocycles. The predicted molar refractivity (Wildman–Crippen MR) is 104 cm³/mol. The molecule has 0 bridgehead atoms. The summed E-state index contributed by atoms with van der Waals surface area (Å²) in [6.45, 7) is 3.07. The molecule has 0 spiro atoms. The minimum Gasteiger partial charge on any atom is -0.507 e. The summed E-state index contributed by atoms with van der Waals surface area (Å²) in [5.41, 5.74) is 1.30. The van der Waals surface area contributed by atoms with Crippen LogP contribution in [0.3, 0.4) is 0 Å². The second kappa shape index (κ2) is 7.89. The first-order chi connectivity index (χ1) is 13.5. The van der Waals surface area contributed by atoms with E-state index in [0.717, 1.165) is 13.1 Å². The first-order valence-electron chi connectivity index (χ1n) is 8.94. The Kier molecular flexibility index (Phi) is 5.49. The number of hydrogen-bond acceptors (Lipinski definition) is 6. The Labute approximate surface area is 172 Å². The molecule has 28 heavy (non-hydrogen) atoms. The molecular weight excluding hydrogens is 405 g/mol. The van der Waals surface area contributed by atoms with Crippen molar-refractivity contribution in [1.82, 2.24) is 4.90 Å². The van der Waals surface area contributed by atoms with Gasteiger partial charge in [-0.15, -0.1) is 0 Å². The number of morpholine rings is 1. The lowest BCUT2D eigenvalue weighted by molar-refractivity contribution is 0.0183. The third-order valence-corrected chi connectivity index (χ3v) is 5.80. The minimum absolute atomic E-state index is 0.0438. The molecule has 4 rings (SSSR count). The Balaban J connectivity index is 1.72. The predicted octanol–water partition coefficient (Wildman–Crippen LogP) is 3.21. The Morgan fingerprint density at radius 2 is 1.86 bits per heavy atom. The van der Waals surface area contributed by atoms with Gasteiger partial charge in [0.05, 0.1) is 34.4 Å². The van der Waals surface area contributed by atoms with Gasteiger partial charge in [0.15, 0.2) is 18.0 Å². The van der Waals surface area contributed by atoms with Crippen molar-refractivity contribution >= 4 is 29.0 Å². The summed E-state index contributed by atoms with van der Waals surface area (Å²) < 4.78 is 11.4. The van der Waals surface area contributed by atoms with E-state index in [-0.39, 0.29) is 17.1 Å². The Hall–Kier alpha value is -1.83. The van der Waals surface area contributed by atoms with Crippen LogP contribution in [0.2, 0.25) is 10.0 Å². The molecule has 2 unspecified atom stereocenters. The number of carbonyl (C=O) groups is 1. The molecule has 0 aliphatic carbocycles. The molecule has 6 nitrogen and oxygen atoms in total. The second-order valence-corrected chi connectivity index (χ2v) is 7.66. The van der Waals surface area contributed by atoms with Gasteiger partial charge in [0.1, 0.15) is 11.5 Å². The van der Waals surface area contributed by atoms with Crippen LogP contribution in [-0.4, -0.2) is 53.3 Å². The summed E-state index contributed by atoms with van der Waals surface area (Å²) in [7, 11) is 0. The summed E-state index contributed by atoms with van der Waals surface area (Å²) in [4.78, 5) is 14.9.